The third-order valence-corrected chi connectivity index (χ3v) is 3.59. The van der Waals surface area contributed by atoms with Crippen LogP contribution in [0.15, 0.2) is 36.7 Å². The summed E-state index contributed by atoms with van der Waals surface area (Å²) in [4.78, 5) is 23.8. The van der Waals surface area contributed by atoms with Gasteiger partial charge in [0.05, 0.1) is 6.20 Å². The molecule has 0 spiro atoms. The summed E-state index contributed by atoms with van der Waals surface area (Å²) in [6.07, 6.45) is 2.37. The number of benzene rings is 1. The van der Waals surface area contributed by atoms with Gasteiger partial charge in [-0.05, 0) is 38.3 Å². The molecule has 1 N–H and O–H groups in total. The van der Waals surface area contributed by atoms with Gasteiger partial charge in [-0.15, -0.1) is 0 Å². The third kappa shape index (κ3) is 5.26. The second-order valence-electron chi connectivity index (χ2n) is 6.92. The average Bonchev–Trinajstić information content (AvgIpc) is 3.03. The number of Topliss-reactive ketones (excluding diaryl/α,β-unsaturated/α-hetero) is 1. The van der Waals surface area contributed by atoms with Crippen LogP contribution in [0, 0.1) is 0 Å². The molecule has 0 fully saturated rings. The van der Waals surface area contributed by atoms with E-state index in [2.05, 4.69) is 5.10 Å². The highest BCUT2D eigenvalue weighted by molar-refractivity contribution is 5.85. The first-order valence-electron chi connectivity index (χ1n) is 8.27. The van der Waals surface area contributed by atoms with Crippen LogP contribution in [0.2, 0.25) is 0 Å². The zero-order valence-electron chi connectivity index (χ0n) is 15.0. The van der Waals surface area contributed by atoms with Crippen LogP contribution in [0.3, 0.4) is 0 Å². The van der Waals surface area contributed by atoms with Crippen LogP contribution in [0.5, 0.6) is 0 Å². The number of nitrogens with zero attached hydrogens (tertiary/aromatic N) is 2. The van der Waals surface area contributed by atoms with Gasteiger partial charge in [0.2, 0.25) is 0 Å². The maximum Gasteiger partial charge on any atom is 0.435 e. The molecule has 1 atom stereocenters. The molecular formula is C19H24N2O4. The van der Waals surface area contributed by atoms with Gasteiger partial charge in [-0.1, -0.05) is 31.2 Å². The van der Waals surface area contributed by atoms with Gasteiger partial charge in [-0.2, -0.15) is 9.78 Å². The second-order valence-corrected chi connectivity index (χ2v) is 6.92. The van der Waals surface area contributed by atoms with Crippen molar-refractivity contribution in [1.29, 1.82) is 0 Å². The molecular weight excluding hydrogens is 320 g/mol. The lowest BCUT2D eigenvalue weighted by atomic mass is 10.0. The lowest BCUT2D eigenvalue weighted by molar-refractivity contribution is -0.126. The normalized spacial score (nSPS) is 12.7. The molecule has 0 amide bonds. The van der Waals surface area contributed by atoms with Crippen molar-refractivity contribution in [1.82, 2.24) is 9.78 Å². The smallest absolute Gasteiger partial charge is 0.435 e. The Balaban J connectivity index is 2.08. The molecule has 0 bridgehead atoms. The van der Waals surface area contributed by atoms with Crippen molar-refractivity contribution in [2.24, 2.45) is 0 Å². The van der Waals surface area contributed by atoms with E-state index in [4.69, 9.17) is 4.74 Å². The number of rotatable bonds is 5. The lowest BCUT2D eigenvalue weighted by Gasteiger charge is -2.18. The fourth-order valence-corrected chi connectivity index (χ4v) is 2.24. The standard InChI is InChI=1S/C19H24N2O4/c1-5-16(22)17(23)10-13-6-8-14(9-7-13)15-11-20-21(12-15)18(24)25-19(2,3)4/h6-9,11-12,16,22H,5,10H2,1-4H3. The van der Waals surface area contributed by atoms with Crippen LogP contribution >= 0.6 is 0 Å². The Bertz CT molecular complexity index is 742. The van der Waals surface area contributed by atoms with E-state index in [0.717, 1.165) is 21.4 Å². The van der Waals surface area contributed by atoms with Crippen LogP contribution in [0.1, 0.15) is 39.7 Å². The molecule has 6 nitrogen and oxygen atoms in total. The van der Waals surface area contributed by atoms with E-state index in [1.165, 1.54) is 0 Å². The van der Waals surface area contributed by atoms with E-state index < -0.39 is 17.8 Å². The van der Waals surface area contributed by atoms with Gasteiger partial charge in [-0.3, -0.25) is 4.79 Å². The average molecular weight is 344 g/mol. The molecule has 134 valence electrons. The molecule has 6 heteroatoms. The number of aromatic nitrogens is 2. The predicted molar refractivity (Wildman–Crippen MR) is 94.3 cm³/mol. The first kappa shape index (κ1) is 18.9. The van der Waals surface area contributed by atoms with Gasteiger partial charge in [0, 0.05) is 18.2 Å². The number of aliphatic hydroxyl groups is 1. The van der Waals surface area contributed by atoms with Crippen molar-refractivity contribution in [3.63, 3.8) is 0 Å². The Hall–Kier alpha value is -2.47. The molecule has 0 aliphatic heterocycles. The van der Waals surface area contributed by atoms with Gasteiger partial charge < -0.3 is 9.84 Å². The van der Waals surface area contributed by atoms with E-state index in [9.17, 15) is 14.7 Å². The molecule has 0 radical (unpaired) electrons. The maximum atomic E-state index is 12.0. The van der Waals surface area contributed by atoms with E-state index in [1.54, 1.807) is 40.1 Å². The minimum atomic E-state index is -0.910. The first-order chi connectivity index (χ1) is 11.7. The quantitative estimate of drug-likeness (QED) is 0.900. The Morgan fingerprint density at radius 3 is 2.40 bits per heavy atom. The van der Waals surface area contributed by atoms with E-state index in [0.29, 0.717) is 6.42 Å². The van der Waals surface area contributed by atoms with Gasteiger partial charge >= 0.3 is 6.09 Å². The number of ether oxygens (including phenoxy) is 1. The molecule has 0 aliphatic rings. The van der Waals surface area contributed by atoms with E-state index in [1.807, 2.05) is 24.3 Å². The summed E-state index contributed by atoms with van der Waals surface area (Å²) in [5, 5.41) is 13.6. The van der Waals surface area contributed by atoms with Crippen molar-refractivity contribution >= 4 is 11.9 Å². The zero-order valence-corrected chi connectivity index (χ0v) is 15.0. The highest BCUT2D eigenvalue weighted by Gasteiger charge is 2.19. The van der Waals surface area contributed by atoms with E-state index in [-0.39, 0.29) is 12.2 Å². The summed E-state index contributed by atoms with van der Waals surface area (Å²) in [7, 11) is 0. The molecule has 0 saturated carbocycles. The Labute approximate surface area is 147 Å². The van der Waals surface area contributed by atoms with Gasteiger partial charge in [0.25, 0.3) is 0 Å². The van der Waals surface area contributed by atoms with Crippen molar-refractivity contribution < 1.29 is 19.4 Å². The molecule has 25 heavy (non-hydrogen) atoms. The van der Waals surface area contributed by atoms with Crippen LogP contribution in [0.4, 0.5) is 4.79 Å². The molecule has 1 aromatic heterocycles. The fourth-order valence-electron chi connectivity index (χ4n) is 2.24. The molecule has 2 rings (SSSR count). The van der Waals surface area contributed by atoms with Crippen molar-refractivity contribution in [3.8, 4) is 11.1 Å². The topological polar surface area (TPSA) is 81.4 Å². The summed E-state index contributed by atoms with van der Waals surface area (Å²) in [5.74, 6) is -0.187. The van der Waals surface area contributed by atoms with Crippen LogP contribution in [0.25, 0.3) is 11.1 Å². The number of hydrogen-bond donors (Lipinski definition) is 1. The molecule has 0 aliphatic carbocycles. The minimum absolute atomic E-state index is 0.187. The van der Waals surface area contributed by atoms with Crippen LogP contribution in [-0.2, 0) is 16.0 Å². The highest BCUT2D eigenvalue weighted by atomic mass is 16.6. The summed E-state index contributed by atoms with van der Waals surface area (Å²) >= 11 is 0. The first-order valence-corrected chi connectivity index (χ1v) is 8.27. The van der Waals surface area contributed by atoms with Crippen molar-refractivity contribution in [2.45, 2.75) is 52.2 Å². The Morgan fingerprint density at radius 1 is 1.20 bits per heavy atom. The molecule has 1 heterocycles. The van der Waals surface area contributed by atoms with Crippen LogP contribution in [-0.4, -0.2) is 38.5 Å². The number of hydrogen-bond acceptors (Lipinski definition) is 5. The molecule has 1 unspecified atom stereocenters. The summed E-state index contributed by atoms with van der Waals surface area (Å²) in [6.45, 7) is 7.16. The Morgan fingerprint density at radius 2 is 1.84 bits per heavy atom. The zero-order chi connectivity index (χ0) is 18.6. The SMILES string of the molecule is CCC(O)C(=O)Cc1ccc(-c2cnn(C(=O)OC(C)(C)C)c2)cc1. The molecule has 2 aromatic rings. The number of aliphatic hydroxyl groups excluding tert-OH is 1. The summed E-state index contributed by atoms with van der Waals surface area (Å²) < 4.78 is 6.43. The largest absolute Gasteiger partial charge is 0.442 e. The second kappa shape index (κ2) is 7.61. The third-order valence-electron chi connectivity index (χ3n) is 3.59. The van der Waals surface area contributed by atoms with Crippen molar-refractivity contribution in [2.75, 3.05) is 0 Å². The number of carbonyl (C=O) groups is 2. The van der Waals surface area contributed by atoms with Crippen molar-refractivity contribution in [3.05, 3.63) is 42.2 Å². The minimum Gasteiger partial charge on any atom is -0.442 e. The van der Waals surface area contributed by atoms with Crippen LogP contribution < -0.4 is 0 Å². The van der Waals surface area contributed by atoms with Gasteiger partial charge in [0.15, 0.2) is 5.78 Å². The highest BCUT2D eigenvalue weighted by Crippen LogP contribution is 2.20. The number of ketones is 1. The molecule has 0 saturated heterocycles. The number of carbonyl (C=O) groups excluding carboxylic acids is 2. The van der Waals surface area contributed by atoms with E-state index >= 15 is 0 Å². The summed E-state index contributed by atoms with van der Waals surface area (Å²) in [5.41, 5.74) is 1.90. The Kier molecular flexibility index (Phi) is 5.74. The van der Waals surface area contributed by atoms with Gasteiger partial charge in [0.1, 0.15) is 11.7 Å². The molecule has 1 aromatic carbocycles. The predicted octanol–water partition coefficient (Wildman–Crippen LogP) is 3.22. The van der Waals surface area contributed by atoms with Gasteiger partial charge in [-0.25, -0.2) is 4.79 Å². The lowest BCUT2D eigenvalue weighted by Crippen LogP contribution is -2.27. The maximum absolute atomic E-state index is 12.0. The fraction of sp³-hybridized carbons (Fsp3) is 0.421. The summed E-state index contributed by atoms with van der Waals surface area (Å²) in [6, 6.07) is 7.38. The monoisotopic (exact) mass is 344 g/mol.